The SMILES string of the molecule is COC(C)(C)Cn1c(C(C)Cl)nc2c(C)nn(C)c21. The number of imidazole rings is 1. The fourth-order valence-electron chi connectivity index (χ4n) is 2.26. The molecule has 0 saturated carbocycles. The van der Waals surface area contributed by atoms with Crippen molar-refractivity contribution in [2.24, 2.45) is 7.05 Å². The maximum atomic E-state index is 6.26. The molecule has 0 spiro atoms. The molecule has 0 aliphatic carbocycles. The van der Waals surface area contributed by atoms with Crippen LogP contribution in [0.3, 0.4) is 0 Å². The highest BCUT2D eigenvalue weighted by Gasteiger charge is 2.25. The number of aryl methyl sites for hydroxylation is 2. The number of hydrogen-bond donors (Lipinski definition) is 0. The van der Waals surface area contributed by atoms with E-state index in [2.05, 4.69) is 14.6 Å². The zero-order chi connectivity index (χ0) is 14.4. The van der Waals surface area contributed by atoms with Crippen molar-refractivity contribution in [3.63, 3.8) is 0 Å². The van der Waals surface area contributed by atoms with Crippen LogP contribution in [0.15, 0.2) is 0 Å². The summed E-state index contributed by atoms with van der Waals surface area (Å²) in [5.41, 5.74) is 2.54. The number of hydrogen-bond acceptors (Lipinski definition) is 3. The molecular formula is C13H21ClN4O. The molecule has 2 rings (SSSR count). The summed E-state index contributed by atoms with van der Waals surface area (Å²) < 4.78 is 9.48. The molecule has 0 aromatic carbocycles. The Balaban J connectivity index is 2.64. The summed E-state index contributed by atoms with van der Waals surface area (Å²) in [5.74, 6) is 0.859. The summed E-state index contributed by atoms with van der Waals surface area (Å²) >= 11 is 6.26. The first-order chi connectivity index (χ1) is 8.76. The van der Waals surface area contributed by atoms with E-state index in [0.29, 0.717) is 6.54 Å². The van der Waals surface area contributed by atoms with E-state index < -0.39 is 0 Å². The van der Waals surface area contributed by atoms with Crippen LogP contribution in [0, 0.1) is 6.92 Å². The van der Waals surface area contributed by atoms with Crippen molar-refractivity contribution in [1.29, 1.82) is 0 Å². The lowest BCUT2D eigenvalue weighted by Gasteiger charge is -2.25. The second kappa shape index (κ2) is 4.80. The lowest BCUT2D eigenvalue weighted by molar-refractivity contribution is 0.00820. The Bertz CT molecular complexity index is 597. The van der Waals surface area contributed by atoms with Crippen LogP contribution in [0.5, 0.6) is 0 Å². The molecule has 0 saturated heterocycles. The Morgan fingerprint density at radius 2 is 2.05 bits per heavy atom. The first kappa shape index (κ1) is 14.3. The van der Waals surface area contributed by atoms with Crippen molar-refractivity contribution in [1.82, 2.24) is 19.3 Å². The quantitative estimate of drug-likeness (QED) is 0.811. The van der Waals surface area contributed by atoms with Gasteiger partial charge in [0.25, 0.3) is 0 Å². The minimum absolute atomic E-state index is 0.153. The Hall–Kier alpha value is -1.07. The molecule has 0 bridgehead atoms. The minimum Gasteiger partial charge on any atom is -0.377 e. The second-order valence-electron chi connectivity index (χ2n) is 5.52. The van der Waals surface area contributed by atoms with E-state index in [4.69, 9.17) is 16.3 Å². The molecule has 0 aliphatic heterocycles. The zero-order valence-corrected chi connectivity index (χ0v) is 13.1. The number of ether oxygens (including phenoxy) is 1. The summed E-state index contributed by atoms with van der Waals surface area (Å²) in [4.78, 5) is 4.64. The smallest absolute Gasteiger partial charge is 0.158 e. The van der Waals surface area contributed by atoms with E-state index in [1.54, 1.807) is 7.11 Å². The lowest BCUT2D eigenvalue weighted by atomic mass is 10.1. The van der Waals surface area contributed by atoms with Crippen molar-refractivity contribution >= 4 is 22.8 Å². The Morgan fingerprint density at radius 3 is 2.58 bits per heavy atom. The Kier molecular flexibility index (Phi) is 3.62. The number of methoxy groups -OCH3 is 1. The van der Waals surface area contributed by atoms with Crippen LogP contribution >= 0.6 is 11.6 Å². The summed E-state index contributed by atoms with van der Waals surface area (Å²) in [6.45, 7) is 8.67. The van der Waals surface area contributed by atoms with Gasteiger partial charge in [-0.2, -0.15) is 5.10 Å². The molecule has 0 fully saturated rings. The molecule has 2 aromatic rings. The van der Waals surface area contributed by atoms with Crippen LogP contribution in [0.4, 0.5) is 0 Å². The second-order valence-corrected chi connectivity index (χ2v) is 6.17. The van der Waals surface area contributed by atoms with E-state index >= 15 is 0 Å². The highest BCUT2D eigenvalue weighted by Crippen LogP contribution is 2.28. The number of alkyl halides is 1. The summed E-state index contributed by atoms with van der Waals surface area (Å²) in [5, 5.41) is 4.26. The topological polar surface area (TPSA) is 44.9 Å². The first-order valence-corrected chi connectivity index (χ1v) is 6.79. The highest BCUT2D eigenvalue weighted by atomic mass is 35.5. The molecule has 19 heavy (non-hydrogen) atoms. The van der Waals surface area contributed by atoms with Gasteiger partial charge in [0.1, 0.15) is 11.3 Å². The first-order valence-electron chi connectivity index (χ1n) is 6.36. The fraction of sp³-hybridized carbons (Fsp3) is 0.692. The summed E-state index contributed by atoms with van der Waals surface area (Å²) in [7, 11) is 3.64. The van der Waals surface area contributed by atoms with Gasteiger partial charge < -0.3 is 9.30 Å². The molecule has 0 aliphatic rings. The normalized spacial score (nSPS) is 14.3. The van der Waals surface area contributed by atoms with Gasteiger partial charge >= 0.3 is 0 Å². The van der Waals surface area contributed by atoms with Gasteiger partial charge in [0, 0.05) is 14.2 Å². The fourth-order valence-corrected chi connectivity index (χ4v) is 2.42. The average Bonchev–Trinajstić information content (AvgIpc) is 2.79. The van der Waals surface area contributed by atoms with E-state index in [0.717, 1.165) is 22.7 Å². The number of halogens is 1. The molecule has 1 atom stereocenters. The van der Waals surface area contributed by atoms with Gasteiger partial charge in [-0.3, -0.25) is 4.68 Å². The maximum Gasteiger partial charge on any atom is 0.158 e. The molecule has 2 heterocycles. The highest BCUT2D eigenvalue weighted by molar-refractivity contribution is 6.20. The van der Waals surface area contributed by atoms with Crippen LogP contribution < -0.4 is 0 Å². The van der Waals surface area contributed by atoms with Crippen LogP contribution in [0.2, 0.25) is 0 Å². The zero-order valence-electron chi connectivity index (χ0n) is 12.4. The molecule has 0 radical (unpaired) electrons. The van der Waals surface area contributed by atoms with Gasteiger partial charge in [-0.25, -0.2) is 4.98 Å². The van der Waals surface area contributed by atoms with Crippen LogP contribution in [-0.4, -0.2) is 32.0 Å². The van der Waals surface area contributed by atoms with Gasteiger partial charge in [-0.1, -0.05) is 0 Å². The average molecular weight is 285 g/mol. The minimum atomic E-state index is -0.285. The standard InChI is InChI=1S/C13H21ClN4O/c1-8(14)11-15-10-9(2)16-17(5)12(10)18(11)7-13(3,4)19-6/h8H,7H2,1-6H3. The molecule has 0 N–H and O–H groups in total. The Labute approximate surface area is 118 Å². The molecule has 1 unspecified atom stereocenters. The third-order valence-electron chi connectivity index (χ3n) is 3.37. The monoisotopic (exact) mass is 284 g/mol. The lowest BCUT2D eigenvalue weighted by Crippen LogP contribution is -2.30. The van der Waals surface area contributed by atoms with Crippen LogP contribution in [0.25, 0.3) is 11.2 Å². The number of nitrogens with zero attached hydrogens (tertiary/aromatic N) is 4. The summed E-state index contributed by atoms with van der Waals surface area (Å²) in [6.07, 6.45) is 0. The number of aromatic nitrogens is 4. The van der Waals surface area contributed by atoms with E-state index in [1.165, 1.54) is 0 Å². The summed E-state index contributed by atoms with van der Waals surface area (Å²) in [6, 6.07) is 0. The molecule has 2 aromatic heterocycles. The predicted octanol–water partition coefficient (Wildman–Crippen LogP) is 2.80. The van der Waals surface area contributed by atoms with Gasteiger partial charge in [0.05, 0.1) is 23.2 Å². The number of rotatable bonds is 4. The van der Waals surface area contributed by atoms with Crippen molar-refractivity contribution < 1.29 is 4.74 Å². The van der Waals surface area contributed by atoms with E-state index in [9.17, 15) is 0 Å². The Morgan fingerprint density at radius 1 is 1.42 bits per heavy atom. The van der Waals surface area contributed by atoms with Gasteiger partial charge in [0.15, 0.2) is 5.65 Å². The molecule has 106 valence electrons. The third-order valence-corrected chi connectivity index (χ3v) is 3.56. The largest absolute Gasteiger partial charge is 0.377 e. The van der Waals surface area contributed by atoms with Crippen LogP contribution in [-0.2, 0) is 18.3 Å². The van der Waals surface area contributed by atoms with Gasteiger partial charge in [0.2, 0.25) is 0 Å². The molecule has 6 heteroatoms. The van der Waals surface area contributed by atoms with Crippen molar-refractivity contribution in [2.45, 2.75) is 45.2 Å². The van der Waals surface area contributed by atoms with Crippen molar-refractivity contribution in [3.8, 4) is 0 Å². The molecule has 5 nitrogen and oxygen atoms in total. The third kappa shape index (κ3) is 2.49. The number of fused-ring (bicyclic) bond motifs is 1. The molecular weight excluding hydrogens is 264 g/mol. The van der Waals surface area contributed by atoms with E-state index in [1.807, 2.05) is 39.4 Å². The maximum absolute atomic E-state index is 6.26. The van der Waals surface area contributed by atoms with Crippen molar-refractivity contribution in [3.05, 3.63) is 11.5 Å². The molecule has 0 amide bonds. The van der Waals surface area contributed by atoms with Gasteiger partial charge in [-0.05, 0) is 27.7 Å². The van der Waals surface area contributed by atoms with Crippen LogP contribution in [0.1, 0.15) is 37.7 Å². The predicted molar refractivity (Wildman–Crippen MR) is 76.6 cm³/mol. The van der Waals surface area contributed by atoms with E-state index in [-0.39, 0.29) is 11.0 Å². The van der Waals surface area contributed by atoms with Crippen molar-refractivity contribution in [2.75, 3.05) is 7.11 Å². The van der Waals surface area contributed by atoms with Gasteiger partial charge in [-0.15, -0.1) is 11.6 Å².